The van der Waals surface area contributed by atoms with Crippen molar-refractivity contribution in [1.82, 2.24) is 0 Å². The SMILES string of the molecule is Cc1cccc([C@H]2C3=CC[C@@H]4C(=O)N(c5ccc([N+](=O)[O-])cc5)C(=O)[C@@H]4[C@@H]3C[C@H]3C(=O)N(c4cccc(Cl)c4)C(=O)[C@@]23c2ccccc2)c1O. The average Bonchev–Trinajstić information content (AvgIpc) is 3.50. The van der Waals surface area contributed by atoms with Crippen LogP contribution in [0.15, 0.2) is 109 Å². The van der Waals surface area contributed by atoms with Gasteiger partial charge in [-0.3, -0.25) is 34.2 Å². The van der Waals surface area contributed by atoms with Crippen molar-refractivity contribution < 1.29 is 29.2 Å². The number of halogens is 1. The first-order valence-corrected chi connectivity index (χ1v) is 16.7. The van der Waals surface area contributed by atoms with E-state index >= 15 is 4.79 Å². The van der Waals surface area contributed by atoms with Gasteiger partial charge in [-0.15, -0.1) is 0 Å². The molecule has 4 aromatic rings. The van der Waals surface area contributed by atoms with Crippen molar-refractivity contribution in [2.24, 2.45) is 23.7 Å². The van der Waals surface area contributed by atoms with Gasteiger partial charge in [-0.2, -0.15) is 0 Å². The predicted octanol–water partition coefficient (Wildman–Crippen LogP) is 6.63. The molecule has 1 saturated carbocycles. The lowest BCUT2D eigenvalue weighted by molar-refractivity contribution is -0.384. The van der Waals surface area contributed by atoms with Crippen molar-refractivity contribution in [3.05, 3.63) is 141 Å². The van der Waals surface area contributed by atoms with Crippen LogP contribution in [0.1, 0.15) is 35.4 Å². The van der Waals surface area contributed by atoms with Gasteiger partial charge in [0, 0.05) is 28.6 Å². The number of nitro groups is 1. The summed E-state index contributed by atoms with van der Waals surface area (Å²) in [5, 5.41) is 23.3. The molecule has 3 fully saturated rings. The van der Waals surface area contributed by atoms with Gasteiger partial charge in [0.15, 0.2) is 0 Å². The highest BCUT2D eigenvalue weighted by Gasteiger charge is 2.70. The van der Waals surface area contributed by atoms with Crippen molar-refractivity contribution in [3.8, 4) is 5.75 Å². The average molecular weight is 688 g/mol. The van der Waals surface area contributed by atoms with E-state index in [1.165, 1.54) is 29.2 Å². The number of aromatic hydroxyl groups is 1. The molecule has 0 aromatic heterocycles. The van der Waals surface area contributed by atoms with Crippen LogP contribution in [0.2, 0.25) is 5.02 Å². The molecular weight excluding hydrogens is 658 g/mol. The van der Waals surface area contributed by atoms with Crippen LogP contribution in [-0.4, -0.2) is 33.7 Å². The molecule has 4 amide bonds. The fourth-order valence-electron chi connectivity index (χ4n) is 8.98. The molecule has 2 heterocycles. The Balaban J connectivity index is 1.34. The number of phenols is 1. The van der Waals surface area contributed by atoms with E-state index in [0.717, 1.165) is 4.90 Å². The van der Waals surface area contributed by atoms with Crippen molar-refractivity contribution in [2.75, 3.05) is 9.80 Å². The Bertz CT molecular complexity index is 2170. The number of allylic oxidation sites excluding steroid dienone is 2. The Hall–Kier alpha value is -5.61. The van der Waals surface area contributed by atoms with Crippen LogP contribution in [0.3, 0.4) is 0 Å². The molecule has 2 aliphatic carbocycles. The molecule has 250 valence electrons. The minimum absolute atomic E-state index is 0.0157. The Morgan fingerprint density at radius 2 is 1.54 bits per heavy atom. The second kappa shape index (κ2) is 11.5. The van der Waals surface area contributed by atoms with Crippen molar-refractivity contribution in [3.63, 3.8) is 0 Å². The molecule has 4 aromatic carbocycles. The molecule has 8 rings (SSSR count). The normalized spacial score (nSPS) is 27.2. The van der Waals surface area contributed by atoms with Gasteiger partial charge in [0.1, 0.15) is 5.75 Å². The number of carbonyl (C=O) groups is 4. The zero-order valence-electron chi connectivity index (χ0n) is 26.7. The van der Waals surface area contributed by atoms with Crippen LogP contribution in [0, 0.1) is 40.7 Å². The van der Waals surface area contributed by atoms with Crippen LogP contribution in [-0.2, 0) is 24.6 Å². The zero-order valence-corrected chi connectivity index (χ0v) is 27.5. The summed E-state index contributed by atoms with van der Waals surface area (Å²) >= 11 is 6.37. The van der Waals surface area contributed by atoms with Crippen LogP contribution >= 0.6 is 11.6 Å². The van der Waals surface area contributed by atoms with Crippen molar-refractivity contribution in [2.45, 2.75) is 31.1 Å². The fraction of sp³-hybridized carbons (Fsp3) is 0.231. The Morgan fingerprint density at radius 1 is 0.820 bits per heavy atom. The number of carbonyl (C=O) groups excluding carboxylic acids is 4. The number of non-ortho nitro benzene ring substituents is 1. The molecule has 0 spiro atoms. The number of benzene rings is 4. The topological polar surface area (TPSA) is 138 Å². The minimum atomic E-state index is -1.51. The van der Waals surface area contributed by atoms with Crippen molar-refractivity contribution >= 4 is 52.3 Å². The van der Waals surface area contributed by atoms with Gasteiger partial charge in [-0.05, 0) is 67.1 Å². The second-order valence-corrected chi connectivity index (χ2v) is 13.8. The molecule has 2 saturated heterocycles. The first kappa shape index (κ1) is 31.6. The third-order valence-electron chi connectivity index (χ3n) is 11.1. The molecule has 4 aliphatic rings. The van der Waals surface area contributed by atoms with Crippen LogP contribution in [0.25, 0.3) is 0 Å². The van der Waals surface area contributed by atoms with E-state index in [1.807, 2.05) is 36.4 Å². The van der Waals surface area contributed by atoms with Crippen molar-refractivity contribution in [1.29, 1.82) is 0 Å². The third kappa shape index (κ3) is 4.34. The van der Waals surface area contributed by atoms with Crippen LogP contribution in [0.5, 0.6) is 5.75 Å². The van der Waals surface area contributed by atoms with Gasteiger partial charge in [0.2, 0.25) is 23.6 Å². The lowest BCUT2D eigenvalue weighted by Crippen LogP contribution is -2.53. The quantitative estimate of drug-likeness (QED) is 0.108. The summed E-state index contributed by atoms with van der Waals surface area (Å²) in [6, 6.07) is 26.2. The van der Waals surface area contributed by atoms with E-state index in [0.29, 0.717) is 33.0 Å². The Kier molecular flexibility index (Phi) is 7.27. The third-order valence-corrected chi connectivity index (χ3v) is 11.3. The summed E-state index contributed by atoms with van der Waals surface area (Å²) in [7, 11) is 0. The molecule has 10 nitrogen and oxygen atoms in total. The largest absolute Gasteiger partial charge is 0.507 e. The summed E-state index contributed by atoms with van der Waals surface area (Å²) in [6.07, 6.45) is 2.21. The van der Waals surface area contributed by atoms with E-state index in [-0.39, 0.29) is 30.0 Å². The highest BCUT2D eigenvalue weighted by atomic mass is 35.5. The van der Waals surface area contributed by atoms with E-state index < -0.39 is 63.6 Å². The number of aryl methyl sites for hydroxylation is 1. The molecule has 6 atom stereocenters. The first-order valence-electron chi connectivity index (χ1n) is 16.4. The highest BCUT2D eigenvalue weighted by molar-refractivity contribution is 6.32. The Labute approximate surface area is 291 Å². The molecule has 11 heteroatoms. The van der Waals surface area contributed by atoms with Gasteiger partial charge in [0.05, 0.1) is 39.5 Å². The molecule has 0 radical (unpaired) electrons. The van der Waals surface area contributed by atoms with E-state index in [2.05, 4.69) is 0 Å². The Morgan fingerprint density at radius 3 is 2.24 bits per heavy atom. The van der Waals surface area contributed by atoms with Gasteiger partial charge in [0.25, 0.3) is 5.69 Å². The molecule has 0 bridgehead atoms. The second-order valence-electron chi connectivity index (χ2n) is 13.4. The number of hydrogen-bond donors (Lipinski definition) is 1. The molecule has 0 unspecified atom stereocenters. The minimum Gasteiger partial charge on any atom is -0.507 e. The molecule has 1 N–H and O–H groups in total. The highest BCUT2D eigenvalue weighted by Crippen LogP contribution is 2.65. The smallest absolute Gasteiger partial charge is 0.269 e. The fourth-order valence-corrected chi connectivity index (χ4v) is 9.17. The number of imide groups is 2. The van der Waals surface area contributed by atoms with E-state index in [1.54, 1.807) is 49.4 Å². The number of anilines is 2. The molecule has 2 aliphatic heterocycles. The maximum absolute atomic E-state index is 15.3. The monoisotopic (exact) mass is 687 g/mol. The number of nitrogens with zero attached hydrogens (tertiary/aromatic N) is 3. The standard InChI is InChI=1S/C39H30ClN3O7/c1-21-7-5-12-29(34(21)44)33-27-17-18-28-32(37(47)41(35(28)45)24-13-15-25(16-14-24)43(49)50)30(27)20-31-36(46)42(26-11-6-10-23(40)19-26)38(48)39(31,33)22-8-3-2-4-9-22/h2-17,19,28,30-33,44H,18,20H2,1H3/t28-,30+,31-,32-,33+,39+/m0/s1. The van der Waals surface area contributed by atoms with E-state index in [9.17, 15) is 29.6 Å². The predicted molar refractivity (Wildman–Crippen MR) is 185 cm³/mol. The summed E-state index contributed by atoms with van der Waals surface area (Å²) < 4.78 is 0. The van der Waals surface area contributed by atoms with Crippen LogP contribution in [0.4, 0.5) is 17.1 Å². The number of nitro benzene ring substituents is 1. The van der Waals surface area contributed by atoms with Gasteiger partial charge in [-0.25, -0.2) is 4.90 Å². The summed E-state index contributed by atoms with van der Waals surface area (Å²) in [4.78, 5) is 71.5. The zero-order chi connectivity index (χ0) is 35.1. The number of fused-ring (bicyclic) bond motifs is 4. The maximum Gasteiger partial charge on any atom is 0.269 e. The number of amides is 4. The van der Waals surface area contributed by atoms with Crippen LogP contribution < -0.4 is 9.80 Å². The summed E-state index contributed by atoms with van der Waals surface area (Å²) in [5.41, 5.74) is 1.21. The number of hydrogen-bond acceptors (Lipinski definition) is 7. The molecular formula is C39H30ClN3O7. The lowest BCUT2D eigenvalue weighted by Gasteiger charge is -2.50. The summed E-state index contributed by atoms with van der Waals surface area (Å²) in [6.45, 7) is 1.76. The van der Waals surface area contributed by atoms with Gasteiger partial charge in [-0.1, -0.05) is 77.8 Å². The van der Waals surface area contributed by atoms with Gasteiger partial charge < -0.3 is 5.11 Å². The number of rotatable bonds is 5. The number of para-hydroxylation sites is 1. The van der Waals surface area contributed by atoms with Gasteiger partial charge >= 0.3 is 0 Å². The van der Waals surface area contributed by atoms with E-state index in [4.69, 9.17) is 11.6 Å². The summed E-state index contributed by atoms with van der Waals surface area (Å²) in [5.74, 6) is -5.89. The maximum atomic E-state index is 15.3. The lowest BCUT2D eigenvalue weighted by atomic mass is 9.49. The first-order chi connectivity index (χ1) is 24.0. The number of phenolic OH excluding ortho intramolecular Hbond substituents is 1. The molecule has 50 heavy (non-hydrogen) atoms.